The largest absolute Gasteiger partial charge is 0.368 e. The topological polar surface area (TPSA) is 53.5 Å². The molecule has 0 bridgehead atoms. The van der Waals surface area contributed by atoms with Crippen LogP contribution in [0.3, 0.4) is 0 Å². The van der Waals surface area contributed by atoms with Crippen LogP contribution in [-0.4, -0.2) is 47.8 Å². The number of anilines is 1. The average molecular weight is 531 g/mol. The fourth-order valence-electron chi connectivity index (χ4n) is 3.55. The first-order valence-corrected chi connectivity index (χ1v) is 13.1. The number of aromatic nitrogens is 1. The van der Waals surface area contributed by atoms with Crippen LogP contribution in [0.15, 0.2) is 62.7 Å². The van der Waals surface area contributed by atoms with E-state index in [-0.39, 0.29) is 11.7 Å². The fraction of sp³-hybridized carbons (Fsp3) is 0.292. The van der Waals surface area contributed by atoms with Crippen LogP contribution in [0.4, 0.5) is 5.69 Å². The Morgan fingerprint density at radius 1 is 1.03 bits per heavy atom. The summed E-state index contributed by atoms with van der Waals surface area (Å²) in [4.78, 5) is 33.1. The summed E-state index contributed by atoms with van der Waals surface area (Å²) < 4.78 is 2.07. The normalized spacial score (nSPS) is 13.9. The highest BCUT2D eigenvalue weighted by Gasteiger charge is 2.22. The van der Waals surface area contributed by atoms with E-state index in [1.807, 2.05) is 46.7 Å². The lowest BCUT2D eigenvalue weighted by Gasteiger charge is -2.36. The highest BCUT2D eigenvalue weighted by atomic mass is 79.9. The second kappa shape index (κ2) is 10.6. The number of nitrogens with zero attached hydrogens (tertiary/aromatic N) is 3. The highest BCUT2D eigenvalue weighted by Crippen LogP contribution is 2.27. The minimum absolute atomic E-state index is 0.0730. The summed E-state index contributed by atoms with van der Waals surface area (Å²) in [6, 6.07) is 16.0. The van der Waals surface area contributed by atoms with Gasteiger partial charge in [-0.05, 0) is 48.9 Å². The van der Waals surface area contributed by atoms with E-state index in [1.165, 1.54) is 5.56 Å². The zero-order valence-corrected chi connectivity index (χ0v) is 21.0. The van der Waals surface area contributed by atoms with E-state index in [0.717, 1.165) is 44.6 Å². The van der Waals surface area contributed by atoms with Crippen LogP contribution < -0.4 is 4.90 Å². The van der Waals surface area contributed by atoms with Gasteiger partial charge in [0.05, 0.1) is 12.1 Å². The maximum atomic E-state index is 12.8. The zero-order chi connectivity index (χ0) is 22.5. The minimum atomic E-state index is 0.0730. The lowest BCUT2D eigenvalue weighted by Crippen LogP contribution is -2.49. The van der Waals surface area contributed by atoms with Crippen LogP contribution in [0.5, 0.6) is 0 Å². The number of thioether (sulfide) groups is 1. The van der Waals surface area contributed by atoms with Gasteiger partial charge in [0.1, 0.15) is 4.34 Å². The number of piperazine rings is 1. The number of carbonyl (C=O) groups is 2. The van der Waals surface area contributed by atoms with Gasteiger partial charge in [0.25, 0.3) is 0 Å². The van der Waals surface area contributed by atoms with E-state index < -0.39 is 0 Å². The molecule has 2 aromatic carbocycles. The monoisotopic (exact) mass is 529 g/mol. The van der Waals surface area contributed by atoms with Gasteiger partial charge < -0.3 is 9.80 Å². The van der Waals surface area contributed by atoms with Crippen LogP contribution >= 0.6 is 39.0 Å². The molecular weight excluding hydrogens is 506 g/mol. The third-order valence-electron chi connectivity index (χ3n) is 5.41. The molecule has 0 aliphatic carbocycles. The van der Waals surface area contributed by atoms with Crippen molar-refractivity contribution in [1.29, 1.82) is 0 Å². The van der Waals surface area contributed by atoms with Crippen LogP contribution in [0, 0.1) is 0 Å². The number of thiazole rings is 1. The summed E-state index contributed by atoms with van der Waals surface area (Å²) in [6.07, 6.45) is 0.350. The Morgan fingerprint density at radius 2 is 1.72 bits per heavy atom. The summed E-state index contributed by atoms with van der Waals surface area (Å²) in [5, 5.41) is 1.99. The number of hydrogen-bond acceptors (Lipinski definition) is 6. The van der Waals surface area contributed by atoms with Crippen LogP contribution in [0.2, 0.25) is 0 Å². The smallest absolute Gasteiger partial charge is 0.228 e. The molecule has 0 unspecified atom stereocenters. The molecule has 0 radical (unpaired) electrons. The molecule has 1 amide bonds. The molecular formula is C24H24BrN3O2S2. The molecule has 0 atom stereocenters. The molecule has 0 spiro atoms. The lowest BCUT2D eigenvalue weighted by molar-refractivity contribution is -0.130. The Labute approximate surface area is 205 Å². The average Bonchev–Trinajstić information content (AvgIpc) is 3.26. The van der Waals surface area contributed by atoms with E-state index in [9.17, 15) is 9.59 Å². The summed E-state index contributed by atoms with van der Waals surface area (Å²) >= 11 is 6.76. The van der Waals surface area contributed by atoms with Gasteiger partial charge in [0.2, 0.25) is 5.91 Å². The molecule has 5 nitrogen and oxygen atoms in total. The van der Waals surface area contributed by atoms with E-state index in [1.54, 1.807) is 30.0 Å². The molecule has 1 aliphatic rings. The first-order chi connectivity index (χ1) is 15.5. The first kappa shape index (κ1) is 23.0. The molecule has 4 rings (SSSR count). The van der Waals surface area contributed by atoms with E-state index in [0.29, 0.717) is 19.5 Å². The molecule has 1 saturated heterocycles. The van der Waals surface area contributed by atoms with E-state index in [4.69, 9.17) is 0 Å². The molecule has 3 aromatic rings. The summed E-state index contributed by atoms with van der Waals surface area (Å²) in [6.45, 7) is 4.55. The first-order valence-electron chi connectivity index (χ1n) is 10.4. The number of rotatable bonds is 7. The number of benzene rings is 2. The third-order valence-corrected chi connectivity index (χ3v) is 8.08. The summed E-state index contributed by atoms with van der Waals surface area (Å²) in [5.74, 6) is 1.07. The molecule has 0 N–H and O–H groups in total. The van der Waals surface area contributed by atoms with Gasteiger partial charge in [-0.15, -0.1) is 11.3 Å². The van der Waals surface area contributed by atoms with Crippen LogP contribution in [0.1, 0.15) is 28.5 Å². The standard InChI is InChI=1S/C24H24BrN3O2S2/c1-17(29)19-4-8-22(9-5-19)27-10-12-28(13-11-27)23(30)14-21-16-32-24(26-21)31-15-18-2-6-20(25)7-3-18/h2-9,16H,10-15H2,1H3. The highest BCUT2D eigenvalue weighted by molar-refractivity contribution is 9.10. The number of amides is 1. The van der Waals surface area contributed by atoms with Crippen molar-refractivity contribution in [3.8, 4) is 0 Å². The predicted octanol–water partition coefficient (Wildman–Crippen LogP) is 5.29. The van der Waals surface area contributed by atoms with Crippen molar-refractivity contribution in [3.63, 3.8) is 0 Å². The van der Waals surface area contributed by atoms with E-state index in [2.05, 4.69) is 37.9 Å². The molecule has 1 fully saturated rings. The number of carbonyl (C=O) groups excluding carboxylic acids is 2. The summed E-state index contributed by atoms with van der Waals surface area (Å²) in [5.41, 5.74) is 3.91. The Balaban J connectivity index is 1.25. The van der Waals surface area contributed by atoms with Crippen LogP contribution in [0.25, 0.3) is 0 Å². The fourth-order valence-corrected chi connectivity index (χ4v) is 5.61. The number of halogens is 1. The van der Waals surface area contributed by atoms with Crippen LogP contribution in [-0.2, 0) is 17.0 Å². The Kier molecular flexibility index (Phi) is 7.65. The molecule has 1 aliphatic heterocycles. The third kappa shape index (κ3) is 5.99. The maximum absolute atomic E-state index is 12.8. The quantitative estimate of drug-likeness (QED) is 0.307. The van der Waals surface area contributed by atoms with E-state index >= 15 is 0 Å². The Bertz CT molecular complexity index is 1080. The number of Topliss-reactive ketones (excluding diaryl/α,β-unsaturated/α-hetero) is 1. The van der Waals surface area contributed by atoms with Gasteiger partial charge in [0, 0.05) is 53.0 Å². The van der Waals surface area contributed by atoms with Gasteiger partial charge >= 0.3 is 0 Å². The predicted molar refractivity (Wildman–Crippen MR) is 135 cm³/mol. The lowest BCUT2D eigenvalue weighted by atomic mass is 10.1. The van der Waals surface area contributed by atoms with Crippen molar-refractivity contribution in [2.24, 2.45) is 0 Å². The zero-order valence-electron chi connectivity index (χ0n) is 17.8. The van der Waals surface area contributed by atoms with Crippen molar-refractivity contribution in [2.75, 3.05) is 31.1 Å². The molecule has 2 heterocycles. The SMILES string of the molecule is CC(=O)c1ccc(N2CCN(C(=O)Cc3csc(SCc4ccc(Br)cc4)n3)CC2)cc1. The molecule has 1 aromatic heterocycles. The second-order valence-corrected chi connectivity index (χ2v) is 10.7. The van der Waals surface area contributed by atoms with Crippen molar-refractivity contribution in [2.45, 2.75) is 23.4 Å². The van der Waals surface area contributed by atoms with Crippen molar-refractivity contribution in [3.05, 3.63) is 75.2 Å². The van der Waals surface area contributed by atoms with Gasteiger partial charge in [-0.1, -0.05) is 39.8 Å². The van der Waals surface area contributed by atoms with Crippen molar-refractivity contribution in [1.82, 2.24) is 9.88 Å². The maximum Gasteiger partial charge on any atom is 0.228 e. The van der Waals surface area contributed by atoms with Gasteiger partial charge in [-0.25, -0.2) is 4.98 Å². The molecule has 0 saturated carbocycles. The molecule has 8 heteroatoms. The number of ketones is 1. The van der Waals surface area contributed by atoms with Gasteiger partial charge in [0.15, 0.2) is 5.78 Å². The summed E-state index contributed by atoms with van der Waals surface area (Å²) in [7, 11) is 0. The molecule has 32 heavy (non-hydrogen) atoms. The van der Waals surface area contributed by atoms with Gasteiger partial charge in [-0.2, -0.15) is 0 Å². The minimum Gasteiger partial charge on any atom is -0.368 e. The Hall–Kier alpha value is -2.16. The number of hydrogen-bond donors (Lipinski definition) is 0. The second-order valence-electron chi connectivity index (χ2n) is 7.67. The van der Waals surface area contributed by atoms with Gasteiger partial charge in [-0.3, -0.25) is 9.59 Å². The van der Waals surface area contributed by atoms with Crippen molar-refractivity contribution < 1.29 is 9.59 Å². The van der Waals surface area contributed by atoms with Crippen molar-refractivity contribution >= 4 is 56.4 Å². The Morgan fingerprint density at radius 3 is 2.38 bits per heavy atom. The molecule has 166 valence electrons.